The first-order chi connectivity index (χ1) is 13.2. The number of carbonyl (C=O) groups excluding carboxylic acids is 2. The molecule has 1 fully saturated rings. The van der Waals surface area contributed by atoms with Crippen LogP contribution in [0.15, 0.2) is 48.5 Å². The molecule has 1 heterocycles. The molecule has 1 saturated heterocycles. The minimum Gasteiger partial charge on any atom is -0.497 e. The van der Waals surface area contributed by atoms with Gasteiger partial charge >= 0.3 is 0 Å². The Morgan fingerprint density at radius 2 is 1.93 bits per heavy atom. The second-order valence-corrected chi connectivity index (χ2v) is 6.47. The van der Waals surface area contributed by atoms with Crippen LogP contribution in [0, 0.1) is 0 Å². The zero-order valence-electron chi connectivity index (χ0n) is 15.5. The van der Waals surface area contributed by atoms with Crippen molar-refractivity contribution < 1.29 is 14.3 Å². The lowest BCUT2D eigenvalue weighted by Crippen LogP contribution is -2.32. The first-order valence-electron chi connectivity index (χ1n) is 9.20. The van der Waals surface area contributed by atoms with Gasteiger partial charge in [-0.25, -0.2) is 0 Å². The smallest absolute Gasteiger partial charge is 0.239 e. The molecule has 3 rings (SSSR count). The first-order valence-corrected chi connectivity index (χ1v) is 9.20. The SMILES string of the molecule is COc1ccc(CCNC(=O)CNc2ccccc2N2CCCC2=O)cc1. The number of methoxy groups -OCH3 is 1. The molecule has 1 aliphatic heterocycles. The van der Waals surface area contributed by atoms with Crippen molar-refractivity contribution in [2.75, 3.05) is 37.0 Å². The quantitative estimate of drug-likeness (QED) is 0.752. The van der Waals surface area contributed by atoms with Gasteiger partial charge in [0.2, 0.25) is 11.8 Å². The number of nitrogens with zero attached hydrogens (tertiary/aromatic N) is 1. The summed E-state index contributed by atoms with van der Waals surface area (Å²) >= 11 is 0. The number of para-hydroxylation sites is 2. The van der Waals surface area contributed by atoms with E-state index in [9.17, 15) is 9.59 Å². The summed E-state index contributed by atoms with van der Waals surface area (Å²) in [7, 11) is 1.64. The molecule has 2 aromatic carbocycles. The third-order valence-electron chi connectivity index (χ3n) is 4.60. The highest BCUT2D eigenvalue weighted by Crippen LogP contribution is 2.29. The van der Waals surface area contributed by atoms with E-state index in [0.717, 1.165) is 42.1 Å². The predicted molar refractivity (Wildman–Crippen MR) is 106 cm³/mol. The number of carbonyl (C=O) groups is 2. The Hall–Kier alpha value is -3.02. The molecule has 1 aliphatic rings. The molecular weight excluding hydrogens is 342 g/mol. The molecule has 0 unspecified atom stereocenters. The summed E-state index contributed by atoms with van der Waals surface area (Å²) in [4.78, 5) is 25.9. The summed E-state index contributed by atoms with van der Waals surface area (Å²) in [5, 5.41) is 6.07. The van der Waals surface area contributed by atoms with E-state index in [2.05, 4.69) is 10.6 Å². The second-order valence-electron chi connectivity index (χ2n) is 6.47. The Morgan fingerprint density at radius 3 is 2.63 bits per heavy atom. The molecule has 0 atom stereocenters. The third kappa shape index (κ3) is 5.00. The molecule has 0 bridgehead atoms. The van der Waals surface area contributed by atoms with Crippen LogP contribution in [-0.2, 0) is 16.0 Å². The van der Waals surface area contributed by atoms with Gasteiger partial charge in [0, 0.05) is 19.5 Å². The van der Waals surface area contributed by atoms with Crippen LogP contribution in [0.25, 0.3) is 0 Å². The van der Waals surface area contributed by atoms with Crippen molar-refractivity contribution in [3.05, 3.63) is 54.1 Å². The lowest BCUT2D eigenvalue weighted by atomic mass is 10.1. The number of anilines is 2. The molecule has 27 heavy (non-hydrogen) atoms. The molecule has 0 radical (unpaired) electrons. The molecule has 2 N–H and O–H groups in total. The van der Waals surface area contributed by atoms with Crippen LogP contribution in [0.5, 0.6) is 5.75 Å². The maximum atomic E-state index is 12.1. The number of amides is 2. The number of nitrogens with one attached hydrogen (secondary N) is 2. The van der Waals surface area contributed by atoms with Crippen molar-refractivity contribution in [1.82, 2.24) is 5.32 Å². The highest BCUT2D eigenvalue weighted by molar-refractivity contribution is 5.98. The predicted octanol–water partition coefficient (Wildman–Crippen LogP) is 2.59. The van der Waals surface area contributed by atoms with Gasteiger partial charge in [0.1, 0.15) is 5.75 Å². The highest BCUT2D eigenvalue weighted by atomic mass is 16.5. The summed E-state index contributed by atoms with van der Waals surface area (Å²) in [6.45, 7) is 1.46. The minimum atomic E-state index is -0.0777. The van der Waals surface area contributed by atoms with Gasteiger partial charge < -0.3 is 20.3 Å². The maximum Gasteiger partial charge on any atom is 0.239 e. The van der Waals surface area contributed by atoms with E-state index < -0.39 is 0 Å². The number of hydrogen-bond donors (Lipinski definition) is 2. The maximum absolute atomic E-state index is 12.1. The van der Waals surface area contributed by atoms with Crippen molar-refractivity contribution >= 4 is 23.2 Å². The van der Waals surface area contributed by atoms with Gasteiger partial charge in [-0.2, -0.15) is 0 Å². The van der Waals surface area contributed by atoms with Crippen molar-refractivity contribution in [2.45, 2.75) is 19.3 Å². The lowest BCUT2D eigenvalue weighted by Gasteiger charge is -2.20. The molecule has 0 spiro atoms. The number of hydrogen-bond acceptors (Lipinski definition) is 4. The Morgan fingerprint density at radius 1 is 1.15 bits per heavy atom. The van der Waals surface area contributed by atoms with Crippen LogP contribution >= 0.6 is 0 Å². The molecule has 0 aromatic heterocycles. The van der Waals surface area contributed by atoms with Gasteiger partial charge in [0.15, 0.2) is 0 Å². The van der Waals surface area contributed by atoms with Crippen molar-refractivity contribution in [3.8, 4) is 5.75 Å². The molecule has 2 amide bonds. The average molecular weight is 367 g/mol. The van der Waals surface area contributed by atoms with Crippen molar-refractivity contribution in [1.29, 1.82) is 0 Å². The van der Waals surface area contributed by atoms with Gasteiger partial charge in [-0.05, 0) is 42.7 Å². The molecule has 0 aliphatic carbocycles. The Bertz CT molecular complexity index is 790. The fraction of sp³-hybridized carbons (Fsp3) is 0.333. The number of ether oxygens (including phenoxy) is 1. The average Bonchev–Trinajstić information content (AvgIpc) is 3.13. The highest BCUT2D eigenvalue weighted by Gasteiger charge is 2.23. The van der Waals surface area contributed by atoms with E-state index in [1.165, 1.54) is 0 Å². The molecule has 6 heteroatoms. The largest absolute Gasteiger partial charge is 0.497 e. The van der Waals surface area contributed by atoms with Crippen molar-refractivity contribution in [3.63, 3.8) is 0 Å². The summed E-state index contributed by atoms with van der Waals surface area (Å²) in [5.41, 5.74) is 2.78. The molecule has 0 saturated carbocycles. The van der Waals surface area contributed by atoms with E-state index in [4.69, 9.17) is 4.74 Å². The van der Waals surface area contributed by atoms with E-state index in [1.54, 1.807) is 12.0 Å². The zero-order valence-corrected chi connectivity index (χ0v) is 15.5. The normalized spacial score (nSPS) is 13.5. The summed E-state index contributed by atoms with van der Waals surface area (Å²) in [6, 6.07) is 15.4. The van der Waals surface area contributed by atoms with Gasteiger partial charge in [-0.1, -0.05) is 24.3 Å². The van der Waals surface area contributed by atoms with Crippen LogP contribution in [0.3, 0.4) is 0 Å². The molecular formula is C21H25N3O3. The Labute approximate surface area is 159 Å². The monoisotopic (exact) mass is 367 g/mol. The van der Waals surface area contributed by atoms with Gasteiger partial charge in [-0.3, -0.25) is 9.59 Å². The van der Waals surface area contributed by atoms with E-state index in [1.807, 2.05) is 48.5 Å². The van der Waals surface area contributed by atoms with Crippen LogP contribution in [-0.4, -0.2) is 38.6 Å². The van der Waals surface area contributed by atoms with Gasteiger partial charge in [0.05, 0.1) is 25.0 Å². The summed E-state index contributed by atoms with van der Waals surface area (Å²) < 4.78 is 5.14. The number of rotatable bonds is 8. The van der Waals surface area contributed by atoms with Crippen LogP contribution in [0.1, 0.15) is 18.4 Å². The second kappa shape index (κ2) is 9.07. The van der Waals surface area contributed by atoms with Crippen LogP contribution in [0.2, 0.25) is 0 Å². The third-order valence-corrected chi connectivity index (χ3v) is 4.60. The molecule has 6 nitrogen and oxygen atoms in total. The van der Waals surface area contributed by atoms with Crippen LogP contribution in [0.4, 0.5) is 11.4 Å². The fourth-order valence-electron chi connectivity index (χ4n) is 3.14. The van der Waals surface area contributed by atoms with Gasteiger partial charge in [-0.15, -0.1) is 0 Å². The lowest BCUT2D eigenvalue weighted by molar-refractivity contribution is -0.119. The summed E-state index contributed by atoms with van der Waals surface area (Å²) in [5.74, 6) is 0.876. The molecule has 2 aromatic rings. The summed E-state index contributed by atoms with van der Waals surface area (Å²) in [6.07, 6.45) is 2.22. The first kappa shape index (κ1) is 18.8. The fourth-order valence-corrected chi connectivity index (χ4v) is 3.14. The Kier molecular flexibility index (Phi) is 6.30. The number of benzene rings is 2. The van der Waals surface area contributed by atoms with E-state index >= 15 is 0 Å². The Balaban J connectivity index is 1.47. The molecule has 142 valence electrons. The standard InChI is InChI=1S/C21H25N3O3/c1-27-17-10-8-16(9-11-17)12-13-22-20(25)15-23-18-5-2-3-6-19(18)24-14-4-7-21(24)26/h2-3,5-6,8-11,23H,4,7,12-15H2,1H3,(H,22,25). The van der Waals surface area contributed by atoms with Crippen LogP contribution < -0.4 is 20.3 Å². The van der Waals surface area contributed by atoms with Crippen molar-refractivity contribution in [2.24, 2.45) is 0 Å². The minimum absolute atomic E-state index is 0.0777. The van der Waals surface area contributed by atoms with Gasteiger partial charge in [0.25, 0.3) is 0 Å². The van der Waals surface area contributed by atoms with E-state index in [-0.39, 0.29) is 18.4 Å². The topological polar surface area (TPSA) is 70.7 Å². The zero-order chi connectivity index (χ0) is 19.1. The van der Waals surface area contributed by atoms with E-state index in [0.29, 0.717) is 13.0 Å².